The number of aryl methyl sites for hydroxylation is 1. The van der Waals surface area contributed by atoms with Gasteiger partial charge in [-0.1, -0.05) is 30.7 Å². The SMILES string of the molecule is CCCCN=c1sc2cc(C)ccc2n1CC(=O)Nc1ccc(OC)cc1. The molecular formula is C21H25N3O2S. The molecular weight excluding hydrogens is 358 g/mol. The van der Waals surface area contributed by atoms with E-state index in [1.807, 2.05) is 28.8 Å². The Morgan fingerprint density at radius 3 is 2.70 bits per heavy atom. The summed E-state index contributed by atoms with van der Waals surface area (Å²) >= 11 is 1.64. The van der Waals surface area contributed by atoms with E-state index in [-0.39, 0.29) is 12.5 Å². The first-order valence-corrected chi connectivity index (χ1v) is 9.96. The first-order chi connectivity index (χ1) is 13.1. The van der Waals surface area contributed by atoms with Crippen LogP contribution in [0.5, 0.6) is 5.75 Å². The Morgan fingerprint density at radius 2 is 2.00 bits per heavy atom. The number of benzene rings is 2. The predicted molar refractivity (Wildman–Crippen MR) is 112 cm³/mol. The fraction of sp³-hybridized carbons (Fsp3) is 0.333. The summed E-state index contributed by atoms with van der Waals surface area (Å²) < 4.78 is 8.31. The molecule has 0 saturated carbocycles. The number of rotatable bonds is 7. The molecule has 1 heterocycles. The number of nitrogens with one attached hydrogen (secondary N) is 1. The van der Waals surface area contributed by atoms with E-state index in [9.17, 15) is 4.79 Å². The Morgan fingerprint density at radius 1 is 1.22 bits per heavy atom. The van der Waals surface area contributed by atoms with Crippen molar-refractivity contribution in [3.8, 4) is 5.75 Å². The zero-order valence-corrected chi connectivity index (χ0v) is 16.8. The summed E-state index contributed by atoms with van der Waals surface area (Å²) in [4.78, 5) is 18.3. The van der Waals surface area contributed by atoms with Gasteiger partial charge in [0.15, 0.2) is 4.80 Å². The smallest absolute Gasteiger partial charge is 0.244 e. The second-order valence-corrected chi connectivity index (χ2v) is 7.46. The Hall–Kier alpha value is -2.60. The van der Waals surface area contributed by atoms with Crippen LogP contribution in [0, 0.1) is 6.92 Å². The fourth-order valence-electron chi connectivity index (χ4n) is 2.80. The number of aromatic nitrogens is 1. The number of carbonyl (C=O) groups excluding carboxylic acids is 1. The molecule has 3 rings (SSSR count). The predicted octanol–water partition coefficient (Wildman–Crippen LogP) is 4.36. The number of hydrogen-bond donors (Lipinski definition) is 1. The zero-order valence-electron chi connectivity index (χ0n) is 16.0. The van der Waals surface area contributed by atoms with E-state index in [1.165, 1.54) is 5.56 Å². The number of unbranched alkanes of at least 4 members (excludes halogenated alkanes) is 1. The maximum absolute atomic E-state index is 12.6. The van der Waals surface area contributed by atoms with E-state index in [0.29, 0.717) is 0 Å². The van der Waals surface area contributed by atoms with Crippen LogP contribution in [-0.2, 0) is 11.3 Å². The van der Waals surface area contributed by atoms with Crippen molar-refractivity contribution in [1.82, 2.24) is 4.57 Å². The molecule has 1 amide bonds. The Kier molecular flexibility index (Phi) is 6.29. The van der Waals surface area contributed by atoms with Crippen LogP contribution in [-0.4, -0.2) is 24.1 Å². The van der Waals surface area contributed by atoms with Gasteiger partial charge in [-0.05, 0) is 55.3 Å². The van der Waals surface area contributed by atoms with Gasteiger partial charge in [-0.15, -0.1) is 0 Å². The molecule has 27 heavy (non-hydrogen) atoms. The van der Waals surface area contributed by atoms with Crippen molar-refractivity contribution in [3.63, 3.8) is 0 Å². The van der Waals surface area contributed by atoms with Crippen molar-refractivity contribution < 1.29 is 9.53 Å². The van der Waals surface area contributed by atoms with E-state index in [2.05, 4.69) is 37.4 Å². The Bertz CT molecular complexity index is 987. The fourth-order valence-corrected chi connectivity index (χ4v) is 3.96. The zero-order chi connectivity index (χ0) is 19.2. The lowest BCUT2D eigenvalue weighted by Crippen LogP contribution is -2.25. The van der Waals surface area contributed by atoms with E-state index in [1.54, 1.807) is 18.4 Å². The van der Waals surface area contributed by atoms with Crippen LogP contribution < -0.4 is 14.9 Å². The van der Waals surface area contributed by atoms with Gasteiger partial charge in [0.25, 0.3) is 0 Å². The number of thiazole rings is 1. The highest BCUT2D eigenvalue weighted by atomic mass is 32.1. The third kappa shape index (κ3) is 4.77. The minimum Gasteiger partial charge on any atom is -0.497 e. The van der Waals surface area contributed by atoms with Crippen LogP contribution in [0.1, 0.15) is 25.3 Å². The van der Waals surface area contributed by atoms with Gasteiger partial charge in [0.05, 0.1) is 17.3 Å². The lowest BCUT2D eigenvalue weighted by atomic mass is 10.2. The molecule has 0 bridgehead atoms. The summed E-state index contributed by atoms with van der Waals surface area (Å²) in [6.07, 6.45) is 2.15. The van der Waals surface area contributed by atoms with Crippen molar-refractivity contribution >= 4 is 33.1 Å². The molecule has 0 atom stereocenters. The van der Waals surface area contributed by atoms with Gasteiger partial charge in [0, 0.05) is 12.2 Å². The highest BCUT2D eigenvalue weighted by Gasteiger charge is 2.11. The van der Waals surface area contributed by atoms with Crippen molar-refractivity contribution in [2.75, 3.05) is 19.0 Å². The summed E-state index contributed by atoms with van der Waals surface area (Å²) in [5.41, 5.74) is 3.01. The minimum atomic E-state index is -0.0719. The number of carbonyl (C=O) groups is 1. The van der Waals surface area contributed by atoms with Gasteiger partial charge in [-0.25, -0.2) is 0 Å². The summed E-state index contributed by atoms with van der Waals surface area (Å²) in [6.45, 7) is 5.25. The highest BCUT2D eigenvalue weighted by molar-refractivity contribution is 7.16. The Labute approximate surface area is 163 Å². The quantitative estimate of drug-likeness (QED) is 0.616. The van der Waals surface area contributed by atoms with Crippen LogP contribution >= 0.6 is 11.3 Å². The molecule has 1 N–H and O–H groups in total. The van der Waals surface area contributed by atoms with Crippen LogP contribution in [0.25, 0.3) is 10.2 Å². The van der Waals surface area contributed by atoms with Crippen molar-refractivity contribution in [2.45, 2.75) is 33.2 Å². The normalized spacial score (nSPS) is 11.7. The summed E-state index contributed by atoms with van der Waals surface area (Å²) in [5.74, 6) is 0.691. The monoisotopic (exact) mass is 383 g/mol. The van der Waals surface area contributed by atoms with Crippen LogP contribution in [0.2, 0.25) is 0 Å². The van der Waals surface area contributed by atoms with E-state index in [4.69, 9.17) is 9.73 Å². The number of hydrogen-bond acceptors (Lipinski definition) is 4. The molecule has 0 radical (unpaired) electrons. The van der Waals surface area contributed by atoms with Crippen molar-refractivity contribution in [1.29, 1.82) is 0 Å². The Balaban J connectivity index is 1.86. The molecule has 0 aliphatic carbocycles. The molecule has 0 fully saturated rings. The van der Waals surface area contributed by atoms with Crippen LogP contribution in [0.15, 0.2) is 47.5 Å². The standard InChI is InChI=1S/C21H25N3O2S/c1-4-5-12-22-21-24(18-11-6-15(2)13-19(18)27-21)14-20(25)23-16-7-9-17(26-3)10-8-16/h6-11,13H,4-5,12,14H2,1-3H3,(H,23,25). The number of amides is 1. The molecule has 6 heteroatoms. The maximum Gasteiger partial charge on any atom is 0.244 e. The van der Waals surface area contributed by atoms with E-state index in [0.717, 1.165) is 45.8 Å². The molecule has 5 nitrogen and oxygen atoms in total. The van der Waals surface area contributed by atoms with Crippen molar-refractivity contribution in [3.05, 3.63) is 52.8 Å². The number of anilines is 1. The largest absolute Gasteiger partial charge is 0.497 e. The number of ether oxygens (including phenoxy) is 1. The molecule has 0 aliphatic rings. The topological polar surface area (TPSA) is 55.6 Å². The first-order valence-electron chi connectivity index (χ1n) is 9.15. The van der Waals surface area contributed by atoms with Gasteiger partial charge in [0.1, 0.15) is 12.3 Å². The average molecular weight is 384 g/mol. The van der Waals surface area contributed by atoms with Crippen molar-refractivity contribution in [2.24, 2.45) is 4.99 Å². The lowest BCUT2D eigenvalue weighted by Gasteiger charge is -2.08. The highest BCUT2D eigenvalue weighted by Crippen LogP contribution is 2.20. The molecule has 142 valence electrons. The third-order valence-corrected chi connectivity index (χ3v) is 5.35. The number of methoxy groups -OCH3 is 1. The molecule has 0 spiro atoms. The summed E-state index contributed by atoms with van der Waals surface area (Å²) in [5, 5.41) is 2.95. The minimum absolute atomic E-state index is 0.0719. The van der Waals surface area contributed by atoms with Gasteiger partial charge in [-0.2, -0.15) is 0 Å². The molecule has 0 unspecified atom stereocenters. The van der Waals surface area contributed by atoms with E-state index >= 15 is 0 Å². The second kappa shape index (κ2) is 8.86. The first kappa shape index (κ1) is 19.2. The van der Waals surface area contributed by atoms with Gasteiger partial charge >= 0.3 is 0 Å². The van der Waals surface area contributed by atoms with E-state index < -0.39 is 0 Å². The number of fused-ring (bicyclic) bond motifs is 1. The lowest BCUT2D eigenvalue weighted by molar-refractivity contribution is -0.116. The molecule has 0 saturated heterocycles. The van der Waals surface area contributed by atoms with Gasteiger partial charge in [-0.3, -0.25) is 9.79 Å². The number of nitrogens with zero attached hydrogens (tertiary/aromatic N) is 2. The summed E-state index contributed by atoms with van der Waals surface area (Å²) in [7, 11) is 1.62. The second-order valence-electron chi connectivity index (χ2n) is 6.45. The summed E-state index contributed by atoms with van der Waals surface area (Å²) in [6, 6.07) is 13.6. The molecule has 0 aliphatic heterocycles. The van der Waals surface area contributed by atoms with Gasteiger partial charge in [0.2, 0.25) is 5.91 Å². The third-order valence-electron chi connectivity index (χ3n) is 4.27. The van der Waals surface area contributed by atoms with Crippen LogP contribution in [0.4, 0.5) is 5.69 Å². The molecule has 1 aromatic heterocycles. The molecule has 2 aromatic carbocycles. The maximum atomic E-state index is 12.6. The van der Waals surface area contributed by atoms with Gasteiger partial charge < -0.3 is 14.6 Å². The van der Waals surface area contributed by atoms with Crippen LogP contribution in [0.3, 0.4) is 0 Å². The average Bonchev–Trinajstić information content (AvgIpc) is 2.99. The molecule has 3 aromatic rings.